The number of ether oxygens (including phenoxy) is 2. The van der Waals surface area contributed by atoms with Gasteiger partial charge in [-0.05, 0) is 64.7 Å². The Kier molecular flexibility index (Phi) is 10.2. The third-order valence-corrected chi connectivity index (χ3v) is 4.58. The van der Waals surface area contributed by atoms with Crippen LogP contribution in [-0.4, -0.2) is 43.0 Å². The Morgan fingerprint density at radius 2 is 1.85 bits per heavy atom. The molecule has 1 atom stereocenters. The zero-order valence-electron chi connectivity index (χ0n) is 16.9. The number of hydrogen-bond donors (Lipinski definition) is 3. The predicted octanol–water partition coefficient (Wildman–Crippen LogP) is 3.63. The maximum absolute atomic E-state index is 10.3. The molecule has 0 spiro atoms. The highest BCUT2D eigenvalue weighted by Crippen LogP contribution is 2.32. The molecule has 1 unspecified atom stereocenters. The van der Waals surface area contributed by atoms with Crippen molar-refractivity contribution < 1.29 is 14.6 Å². The van der Waals surface area contributed by atoms with E-state index in [9.17, 15) is 5.11 Å². The Labute approximate surface area is 180 Å². The van der Waals surface area contributed by atoms with E-state index in [2.05, 4.69) is 22.5 Å². The van der Waals surface area contributed by atoms with Crippen LogP contribution >= 0.6 is 24.0 Å². The van der Waals surface area contributed by atoms with Crippen LogP contribution in [0.5, 0.6) is 11.5 Å². The van der Waals surface area contributed by atoms with Crippen LogP contribution in [0.1, 0.15) is 58.6 Å². The minimum atomic E-state index is -0.618. The third kappa shape index (κ3) is 7.03. The van der Waals surface area contributed by atoms with Gasteiger partial charge in [-0.25, -0.2) is 0 Å². The summed E-state index contributed by atoms with van der Waals surface area (Å²) >= 11 is 0. The SMILES string of the molecule is CCNC(=NCC1(O)CCC1)NC(C)c1ccc(OCC)c(OCC)c1.I. The Balaban J connectivity index is 0.00000364. The summed E-state index contributed by atoms with van der Waals surface area (Å²) in [6, 6.07) is 6.03. The lowest BCUT2D eigenvalue weighted by atomic mass is 9.80. The summed E-state index contributed by atoms with van der Waals surface area (Å²) in [6.07, 6.45) is 2.75. The summed E-state index contributed by atoms with van der Waals surface area (Å²) in [6.45, 7) is 10.4. The van der Waals surface area contributed by atoms with Crippen molar-refractivity contribution in [1.29, 1.82) is 0 Å². The molecule has 0 heterocycles. The molecule has 3 N–H and O–H groups in total. The van der Waals surface area contributed by atoms with Crippen molar-refractivity contribution in [2.75, 3.05) is 26.3 Å². The molecule has 154 valence electrons. The normalized spacial score (nSPS) is 16.6. The standard InChI is InChI=1S/C20H33N3O3.HI/c1-5-21-19(22-14-20(24)11-8-12-20)23-15(4)16-9-10-17(25-6-2)18(13-16)26-7-3;/h9-10,13,15,24H,5-8,11-12,14H2,1-4H3,(H2,21,22,23);1H. The Hall–Kier alpha value is -1.22. The second-order valence-electron chi connectivity index (χ2n) is 6.71. The lowest BCUT2D eigenvalue weighted by molar-refractivity contribution is -0.0236. The van der Waals surface area contributed by atoms with Crippen molar-refractivity contribution in [1.82, 2.24) is 10.6 Å². The van der Waals surface area contributed by atoms with E-state index in [1.807, 2.05) is 39.0 Å². The maximum atomic E-state index is 10.3. The monoisotopic (exact) mass is 491 g/mol. The van der Waals surface area contributed by atoms with E-state index in [1.165, 1.54) is 0 Å². The average molecular weight is 491 g/mol. The molecule has 1 aliphatic carbocycles. The largest absolute Gasteiger partial charge is 0.490 e. The fraction of sp³-hybridized carbons (Fsp3) is 0.650. The van der Waals surface area contributed by atoms with Crippen molar-refractivity contribution in [3.8, 4) is 11.5 Å². The van der Waals surface area contributed by atoms with Crippen LogP contribution in [0.15, 0.2) is 23.2 Å². The van der Waals surface area contributed by atoms with Gasteiger partial charge in [0.15, 0.2) is 17.5 Å². The molecule has 0 radical (unpaired) electrons. The van der Waals surface area contributed by atoms with Crippen molar-refractivity contribution in [3.05, 3.63) is 23.8 Å². The number of hydrogen-bond acceptors (Lipinski definition) is 4. The molecule has 27 heavy (non-hydrogen) atoms. The smallest absolute Gasteiger partial charge is 0.191 e. The molecule has 6 nitrogen and oxygen atoms in total. The topological polar surface area (TPSA) is 75.1 Å². The van der Waals surface area contributed by atoms with Crippen LogP contribution in [0.2, 0.25) is 0 Å². The average Bonchev–Trinajstić information content (AvgIpc) is 2.60. The maximum Gasteiger partial charge on any atom is 0.191 e. The highest BCUT2D eigenvalue weighted by atomic mass is 127. The van der Waals surface area contributed by atoms with Crippen LogP contribution in [0, 0.1) is 0 Å². The molecular weight excluding hydrogens is 457 g/mol. The third-order valence-electron chi connectivity index (χ3n) is 4.58. The van der Waals surface area contributed by atoms with E-state index in [4.69, 9.17) is 9.47 Å². The molecule has 0 aromatic heterocycles. The summed E-state index contributed by atoms with van der Waals surface area (Å²) in [5, 5.41) is 16.9. The van der Waals surface area contributed by atoms with Crippen LogP contribution in [0.4, 0.5) is 0 Å². The molecule has 1 fully saturated rings. The number of nitrogens with one attached hydrogen (secondary N) is 2. The molecule has 0 saturated heterocycles. The molecule has 1 aromatic rings. The minimum absolute atomic E-state index is 0. The summed E-state index contributed by atoms with van der Waals surface area (Å²) in [7, 11) is 0. The quantitative estimate of drug-likeness (QED) is 0.280. The van der Waals surface area contributed by atoms with Crippen LogP contribution in [-0.2, 0) is 0 Å². The second-order valence-corrected chi connectivity index (χ2v) is 6.71. The van der Waals surface area contributed by atoms with Gasteiger partial charge in [0.25, 0.3) is 0 Å². The predicted molar refractivity (Wildman–Crippen MR) is 121 cm³/mol. The lowest BCUT2D eigenvalue weighted by Crippen LogP contribution is -2.43. The number of rotatable bonds is 9. The van der Waals surface area contributed by atoms with Crippen LogP contribution in [0.25, 0.3) is 0 Å². The number of aliphatic hydroxyl groups is 1. The van der Waals surface area contributed by atoms with E-state index in [-0.39, 0.29) is 30.0 Å². The minimum Gasteiger partial charge on any atom is -0.490 e. The van der Waals surface area contributed by atoms with Crippen LogP contribution < -0.4 is 20.1 Å². The number of aliphatic imine (C=N–C) groups is 1. The van der Waals surface area contributed by atoms with Gasteiger partial charge in [-0.3, -0.25) is 4.99 Å². The summed E-state index contributed by atoms with van der Waals surface area (Å²) in [4.78, 5) is 4.57. The first-order valence-corrected chi connectivity index (χ1v) is 9.68. The van der Waals surface area contributed by atoms with E-state index >= 15 is 0 Å². The molecule has 7 heteroatoms. The molecular formula is C20H34IN3O3. The molecule has 1 aliphatic rings. The van der Waals surface area contributed by atoms with Gasteiger partial charge in [0, 0.05) is 6.54 Å². The summed E-state index contributed by atoms with van der Waals surface area (Å²) in [5.41, 5.74) is 0.470. The molecule has 0 amide bonds. The number of benzene rings is 1. The first-order chi connectivity index (χ1) is 12.5. The van der Waals surface area contributed by atoms with E-state index in [0.717, 1.165) is 42.9 Å². The molecule has 1 aromatic carbocycles. The zero-order valence-corrected chi connectivity index (χ0v) is 19.2. The molecule has 2 rings (SSSR count). The van der Waals surface area contributed by atoms with Crippen molar-refractivity contribution >= 4 is 29.9 Å². The number of halogens is 1. The van der Waals surface area contributed by atoms with Gasteiger partial charge < -0.3 is 25.2 Å². The molecule has 1 saturated carbocycles. The molecule has 0 aliphatic heterocycles. The van der Waals surface area contributed by atoms with Crippen molar-refractivity contribution in [2.45, 2.75) is 58.6 Å². The van der Waals surface area contributed by atoms with E-state index in [0.29, 0.717) is 25.7 Å². The Bertz CT molecular complexity index is 606. The summed E-state index contributed by atoms with van der Waals surface area (Å²) in [5.74, 6) is 2.23. The van der Waals surface area contributed by atoms with Gasteiger partial charge >= 0.3 is 0 Å². The second kappa shape index (κ2) is 11.6. The van der Waals surface area contributed by atoms with Crippen molar-refractivity contribution in [3.63, 3.8) is 0 Å². The number of nitrogens with zero attached hydrogens (tertiary/aromatic N) is 1. The fourth-order valence-electron chi connectivity index (χ4n) is 2.91. The number of guanidine groups is 1. The molecule has 0 bridgehead atoms. The van der Waals surface area contributed by atoms with E-state index < -0.39 is 5.60 Å². The Morgan fingerprint density at radius 1 is 1.19 bits per heavy atom. The fourth-order valence-corrected chi connectivity index (χ4v) is 2.91. The van der Waals surface area contributed by atoms with Gasteiger partial charge in [0.2, 0.25) is 0 Å². The first-order valence-electron chi connectivity index (χ1n) is 9.68. The highest BCUT2D eigenvalue weighted by molar-refractivity contribution is 14.0. The first kappa shape index (κ1) is 23.8. The van der Waals surface area contributed by atoms with Gasteiger partial charge in [0.1, 0.15) is 0 Å². The van der Waals surface area contributed by atoms with Gasteiger partial charge in [-0.2, -0.15) is 0 Å². The van der Waals surface area contributed by atoms with E-state index in [1.54, 1.807) is 0 Å². The van der Waals surface area contributed by atoms with Crippen LogP contribution in [0.3, 0.4) is 0 Å². The summed E-state index contributed by atoms with van der Waals surface area (Å²) < 4.78 is 11.3. The zero-order chi connectivity index (χ0) is 19.0. The highest BCUT2D eigenvalue weighted by Gasteiger charge is 2.34. The Morgan fingerprint density at radius 3 is 2.41 bits per heavy atom. The lowest BCUT2D eigenvalue weighted by Gasteiger charge is -2.35. The van der Waals surface area contributed by atoms with Crippen molar-refractivity contribution in [2.24, 2.45) is 4.99 Å². The van der Waals surface area contributed by atoms with Gasteiger partial charge in [-0.1, -0.05) is 6.07 Å². The van der Waals surface area contributed by atoms with Gasteiger partial charge in [-0.15, -0.1) is 24.0 Å². The van der Waals surface area contributed by atoms with Gasteiger partial charge in [0.05, 0.1) is 31.4 Å².